The van der Waals surface area contributed by atoms with Crippen LogP contribution < -0.4 is 22.8 Å². The number of nitrogens with zero attached hydrogens (tertiary/aromatic N) is 12. The topological polar surface area (TPSA) is 159 Å². The second-order valence-electron chi connectivity index (χ2n) is 33.5. The predicted molar refractivity (Wildman–Crippen MR) is 523 cm³/mol. The Morgan fingerprint density at radius 3 is 1.15 bits per heavy atom. The van der Waals surface area contributed by atoms with Gasteiger partial charge >= 0.3 is 0 Å². The lowest BCUT2D eigenvalue weighted by Gasteiger charge is -2.15. The zero-order chi connectivity index (χ0) is 94.5. The lowest BCUT2D eigenvalue weighted by molar-refractivity contribution is -0.659. The van der Waals surface area contributed by atoms with Crippen LogP contribution in [-0.4, -0.2) is 34.1 Å². The Morgan fingerprint density at radius 2 is 0.650 bits per heavy atom. The third kappa shape index (κ3) is 16.1. The maximum absolute atomic E-state index is 14.9. The first-order valence-electron chi connectivity index (χ1n) is 43.6. The molecule has 0 aliphatic carbocycles. The van der Waals surface area contributed by atoms with Gasteiger partial charge in [0.15, 0.2) is 24.2 Å². The summed E-state index contributed by atoms with van der Waals surface area (Å²) in [6.45, 7) is 10.1. The number of fused-ring (bicyclic) bond motifs is 15. The summed E-state index contributed by atoms with van der Waals surface area (Å²) in [5.74, 6) is -2.95. The minimum Gasteiger partial charge on any atom is -0.438 e. The number of pyridine rings is 5. The van der Waals surface area contributed by atoms with Crippen molar-refractivity contribution >= 4 is 144 Å². The minimum absolute atomic E-state index is 0.0433. The van der Waals surface area contributed by atoms with E-state index in [1.165, 1.54) is 23.2 Å². The molecule has 0 atom stereocenters. The Bertz CT molecular complexity index is 8990. The number of hydrogen-bond donors (Lipinski definition) is 0. The zero-order valence-corrected chi connectivity index (χ0v) is 77.6. The van der Waals surface area contributed by atoms with Crippen molar-refractivity contribution in [3.05, 3.63) is 371 Å². The zero-order valence-electron chi connectivity index (χ0n) is 75.1. The van der Waals surface area contributed by atoms with Crippen LogP contribution in [0.5, 0.6) is 0 Å². The van der Waals surface area contributed by atoms with Crippen LogP contribution in [0.4, 0.5) is 30.7 Å². The van der Waals surface area contributed by atoms with Crippen molar-refractivity contribution in [1.82, 2.24) is 34.1 Å². The van der Waals surface area contributed by atoms with Crippen LogP contribution in [0.25, 0.3) is 210 Å². The van der Waals surface area contributed by atoms with Gasteiger partial charge in [0, 0.05) is 71.9 Å². The molecule has 0 fully saturated rings. The normalized spacial score (nSPS) is 11.5. The monoisotopic (exact) mass is 1880 g/mol. The third-order valence-electron chi connectivity index (χ3n) is 24.6. The molecule has 25 rings (SSSR count). The van der Waals surface area contributed by atoms with Gasteiger partial charge in [0.05, 0.1) is 63.3 Å². The second-order valence-corrected chi connectivity index (χ2v) is 36.1. The molecule has 10 aromatic carbocycles. The second kappa shape index (κ2) is 35.6. The molecule has 0 N–H and O–H groups in total. The summed E-state index contributed by atoms with van der Waals surface area (Å²) in [5, 5.41) is 16.5. The molecule has 0 saturated carbocycles. The minimum atomic E-state index is -0.910. The van der Waals surface area contributed by atoms with Crippen LogP contribution in [0.15, 0.2) is 324 Å². The molecule has 27 heteroatoms. The number of aromatic nitrogens is 12. The molecule has 0 aliphatic rings. The van der Waals surface area contributed by atoms with Gasteiger partial charge in [-0.05, 0) is 170 Å². The number of para-hydroxylation sites is 2. The molecule has 672 valence electrons. The van der Waals surface area contributed by atoms with Crippen molar-refractivity contribution in [1.29, 1.82) is 0 Å². The fraction of sp³-hybridized carbons (Fsp3) is 0.0909. The summed E-state index contributed by atoms with van der Waals surface area (Å²) in [6.07, 6.45) is 14.2. The fourth-order valence-corrected chi connectivity index (χ4v) is 20.9. The van der Waals surface area contributed by atoms with Gasteiger partial charge in [-0.15, -0.1) is 0 Å². The quantitative estimate of drug-likeness (QED) is 0.0732. The van der Waals surface area contributed by atoms with Crippen LogP contribution in [0.1, 0.15) is 27.8 Å². The highest BCUT2D eigenvalue weighted by atomic mass is 32.1. The van der Waals surface area contributed by atoms with Crippen molar-refractivity contribution in [2.45, 2.75) is 34.6 Å². The average Bonchev–Trinajstić information content (AvgIpc) is 1.60. The van der Waals surface area contributed by atoms with E-state index in [0.717, 1.165) is 183 Å². The van der Waals surface area contributed by atoms with Crippen molar-refractivity contribution in [2.75, 3.05) is 0 Å². The Kier molecular flexibility index (Phi) is 22.7. The first kappa shape index (κ1) is 87.4. The molecule has 0 unspecified atom stereocenters. The summed E-state index contributed by atoms with van der Waals surface area (Å²) in [6, 6.07) is 76.0. The standard InChI is InChI=1S/C34H24F2N3O.C28H20F2N3O.3C16H12FN2OS/c1-21-18-29-27(31-28(35)20-30(36)37-33(31)40-29)19-26(21)34-38(2)16-17-39(34)32-24(22-10-5-3-6-11-22)14-9-15-25(32)23-12-7-4-8-13-23;1-17-14-24-21(26-22(29)16-25(30)31-27(26)34-24)15-20(17)28-32(2)12-13-33(28)23-11-7-6-10-19(23)18-8-4-3-5-9-18;1-9-7-13-12(8-11(9)16-19(2)5-6-21-16)10-3-4-14(17)18-15(10)20-13;1-9-7-12-10-3-4-14(17)18-15(10)20-13(12)8-11(9)16-19(2)5-6-21-16;1-9-3-4-10-11-5-6-12(17)18-15(11)20-14(10)13(9)16-19(2)7-8-21-16/h3-20H,1-2H3;3-16H,1-2H3;3*3-8H,1-2H3/q5*+1. The SMILES string of the molecule is Cc1cc2c(cc1-c1scc[n+]1C)oc1nc(F)ccc12.Cc1cc2oc3nc(F)cc(F)c3c2cc1-c1n(-c2c(-c3ccccc3)cccc2-c2ccccc2)cc[n+]1C.Cc1cc2oc3nc(F)cc(F)c3c2cc1-c1n(-c2ccccc2-c2ccccc2)cc[n+]1C.Cc1cc2oc3nc(F)ccc3c2cc1-c1scc[n+]1C.Cc1ccc2c(oc3nc(F)ccc32)c1-c1scc[n+]1C. The highest BCUT2D eigenvalue weighted by Crippen LogP contribution is 2.45. The number of benzene rings is 10. The number of rotatable bonds is 10. The first-order valence-corrected chi connectivity index (χ1v) is 46.3. The van der Waals surface area contributed by atoms with Crippen molar-refractivity contribution < 1.29 is 75.7 Å². The molecule has 15 aromatic heterocycles. The van der Waals surface area contributed by atoms with Gasteiger partial charge in [-0.3, -0.25) is 0 Å². The Hall–Kier alpha value is -16.2. The van der Waals surface area contributed by atoms with Gasteiger partial charge in [-0.2, -0.15) is 69.7 Å². The number of aryl methyl sites for hydroxylation is 10. The van der Waals surface area contributed by atoms with E-state index in [0.29, 0.717) is 39.1 Å². The molecule has 0 aliphatic heterocycles. The molecular weight excluding hydrogens is 1800 g/mol. The number of hydrogen-bond acceptors (Lipinski definition) is 13. The summed E-state index contributed by atoms with van der Waals surface area (Å²) < 4.78 is 140. The van der Waals surface area contributed by atoms with Crippen molar-refractivity contribution in [3.63, 3.8) is 0 Å². The van der Waals surface area contributed by atoms with E-state index in [9.17, 15) is 30.7 Å². The third-order valence-corrected chi connectivity index (χ3v) is 27.6. The first-order chi connectivity index (χ1) is 66.4. The van der Waals surface area contributed by atoms with Crippen molar-refractivity contribution in [3.8, 4) is 99.2 Å². The Labute approximate surface area is 789 Å². The van der Waals surface area contributed by atoms with Gasteiger partial charge in [0.25, 0.3) is 26.7 Å². The van der Waals surface area contributed by atoms with Crippen LogP contribution in [-0.2, 0) is 35.2 Å². The molecule has 15 heterocycles. The van der Waals surface area contributed by atoms with E-state index in [1.807, 2.05) is 205 Å². The summed E-state index contributed by atoms with van der Waals surface area (Å²) >= 11 is 5.03. The fourth-order valence-electron chi connectivity index (χ4n) is 18.0. The molecule has 0 spiro atoms. The van der Waals surface area contributed by atoms with Gasteiger partial charge in [-0.1, -0.05) is 174 Å². The highest BCUT2D eigenvalue weighted by Gasteiger charge is 2.32. The van der Waals surface area contributed by atoms with Crippen LogP contribution in [0, 0.1) is 76.0 Å². The summed E-state index contributed by atoms with van der Waals surface area (Å²) in [7, 11) is 10.0. The molecule has 0 amide bonds. The Morgan fingerprint density at radius 1 is 0.277 bits per heavy atom. The predicted octanol–water partition coefficient (Wildman–Crippen LogP) is 26.6. The molecular formula is C110H80F7N12O5S3+5. The van der Waals surface area contributed by atoms with E-state index in [-0.39, 0.29) is 22.2 Å². The van der Waals surface area contributed by atoms with Gasteiger partial charge in [-0.25, -0.2) is 17.9 Å². The maximum atomic E-state index is 14.9. The van der Waals surface area contributed by atoms with Crippen LogP contribution in [0.3, 0.4) is 0 Å². The van der Waals surface area contributed by atoms with Gasteiger partial charge in [0.1, 0.15) is 96.8 Å². The Balaban J connectivity index is 0.000000105. The van der Waals surface area contributed by atoms with Gasteiger partial charge < -0.3 is 22.1 Å². The van der Waals surface area contributed by atoms with E-state index in [4.69, 9.17) is 22.1 Å². The highest BCUT2D eigenvalue weighted by molar-refractivity contribution is 7.13. The number of thiazole rings is 3. The van der Waals surface area contributed by atoms with E-state index in [2.05, 4.69) is 175 Å². The lowest BCUT2D eigenvalue weighted by atomic mass is 9.95. The molecule has 0 saturated heterocycles. The lowest BCUT2D eigenvalue weighted by Crippen LogP contribution is -2.29. The van der Waals surface area contributed by atoms with Gasteiger partial charge in [0.2, 0.25) is 58.3 Å². The molecule has 137 heavy (non-hydrogen) atoms. The number of halogens is 7. The summed E-state index contributed by atoms with van der Waals surface area (Å²) in [4.78, 5) is 19.0. The smallest absolute Gasteiger partial charge is 0.294 e. The maximum Gasteiger partial charge on any atom is 0.294 e. The van der Waals surface area contributed by atoms with Crippen LogP contribution in [0.2, 0.25) is 0 Å². The molecule has 17 nitrogen and oxygen atoms in total. The van der Waals surface area contributed by atoms with Crippen molar-refractivity contribution in [2.24, 2.45) is 35.2 Å². The van der Waals surface area contributed by atoms with Crippen LogP contribution >= 0.6 is 34.0 Å². The molecule has 0 radical (unpaired) electrons. The molecule has 25 aromatic rings. The van der Waals surface area contributed by atoms with E-state index in [1.54, 1.807) is 52.2 Å². The van der Waals surface area contributed by atoms with E-state index >= 15 is 0 Å². The molecule has 0 bridgehead atoms. The largest absolute Gasteiger partial charge is 0.438 e. The summed E-state index contributed by atoms with van der Waals surface area (Å²) in [5.41, 5.74) is 23.2. The number of furan rings is 5. The van der Waals surface area contributed by atoms with E-state index < -0.39 is 41.4 Å². The number of imidazole rings is 2. The average molecular weight is 1880 g/mol.